The molecule has 2 aliphatic rings. The number of nitro groups is 1. The molecule has 0 radical (unpaired) electrons. The SMILES string of the molecule is CC(C)(C)C1(C(C)(C)C)[Se][C@@H]2CC(=O)N2[C@H]1C(=O)OCc1ccc([N+](=O)[O-])cc1. The zero-order valence-electron chi connectivity index (χ0n) is 17.7. The van der Waals surface area contributed by atoms with Crippen molar-refractivity contribution < 1.29 is 19.2 Å². The first-order chi connectivity index (χ1) is 13.3. The van der Waals surface area contributed by atoms with Gasteiger partial charge < -0.3 is 0 Å². The van der Waals surface area contributed by atoms with Gasteiger partial charge in [-0.1, -0.05) is 0 Å². The summed E-state index contributed by atoms with van der Waals surface area (Å²) in [5.74, 6) is -0.366. The van der Waals surface area contributed by atoms with Crippen LogP contribution >= 0.6 is 0 Å². The number of esters is 1. The van der Waals surface area contributed by atoms with Gasteiger partial charge in [-0.3, -0.25) is 0 Å². The van der Waals surface area contributed by atoms with E-state index in [0.717, 1.165) is 0 Å². The summed E-state index contributed by atoms with van der Waals surface area (Å²) in [5.41, 5.74) is 0.281. The summed E-state index contributed by atoms with van der Waals surface area (Å²) in [7, 11) is 0. The Bertz CT molecular complexity index is 824. The average molecular weight is 467 g/mol. The first-order valence-corrected chi connectivity index (χ1v) is 11.5. The fourth-order valence-corrected chi connectivity index (χ4v) is 9.12. The Morgan fingerprint density at radius 1 is 1.21 bits per heavy atom. The van der Waals surface area contributed by atoms with Gasteiger partial charge in [0.1, 0.15) is 0 Å². The zero-order chi connectivity index (χ0) is 21.8. The standard InChI is InChI=1S/C21H28N2O5Se/c1-19(2,3)21(20(4,5)6)17(22-15(24)11-16(22)29-21)18(25)28-12-13-7-9-14(10-8-13)23(26)27/h7-10,16-17H,11-12H2,1-6H3/t16-,17+/m1/s1. The number of nitrogens with zero attached hydrogens (tertiary/aromatic N) is 2. The molecule has 0 saturated carbocycles. The molecule has 1 aromatic rings. The van der Waals surface area contributed by atoms with Crippen LogP contribution in [0.4, 0.5) is 5.69 Å². The third-order valence-corrected chi connectivity index (χ3v) is 11.1. The molecule has 158 valence electrons. The summed E-state index contributed by atoms with van der Waals surface area (Å²) in [6, 6.07) is 5.36. The van der Waals surface area contributed by atoms with Gasteiger partial charge in [0.25, 0.3) is 0 Å². The maximum atomic E-state index is 13.3. The van der Waals surface area contributed by atoms with Crippen molar-refractivity contribution in [2.75, 3.05) is 0 Å². The van der Waals surface area contributed by atoms with Crippen LogP contribution in [0.5, 0.6) is 0 Å². The van der Waals surface area contributed by atoms with E-state index in [9.17, 15) is 19.7 Å². The van der Waals surface area contributed by atoms with Crippen LogP contribution in [0.2, 0.25) is 4.31 Å². The second-order valence-electron chi connectivity index (χ2n) is 9.75. The van der Waals surface area contributed by atoms with Crippen molar-refractivity contribution in [2.24, 2.45) is 10.8 Å². The van der Waals surface area contributed by atoms with Crippen LogP contribution in [-0.4, -0.2) is 47.6 Å². The van der Waals surface area contributed by atoms with Crippen molar-refractivity contribution in [3.05, 3.63) is 39.9 Å². The molecular formula is C21H28N2O5Se. The maximum absolute atomic E-state index is 13.3. The molecule has 29 heavy (non-hydrogen) atoms. The zero-order valence-corrected chi connectivity index (χ0v) is 19.4. The molecule has 2 atom stereocenters. The normalized spacial score (nSPS) is 23.4. The number of hydrogen-bond acceptors (Lipinski definition) is 5. The molecule has 3 rings (SSSR count). The molecular weight excluding hydrogens is 439 g/mol. The minimum absolute atomic E-state index is 0.00734. The van der Waals surface area contributed by atoms with Crippen molar-refractivity contribution in [2.45, 2.75) is 69.9 Å². The molecule has 2 fully saturated rings. The van der Waals surface area contributed by atoms with Gasteiger partial charge in [-0.2, -0.15) is 0 Å². The van der Waals surface area contributed by atoms with Crippen molar-refractivity contribution in [1.82, 2.24) is 4.90 Å². The van der Waals surface area contributed by atoms with E-state index in [2.05, 4.69) is 41.5 Å². The Morgan fingerprint density at radius 2 is 1.76 bits per heavy atom. The van der Waals surface area contributed by atoms with Crippen molar-refractivity contribution in [3.63, 3.8) is 0 Å². The van der Waals surface area contributed by atoms with E-state index in [1.54, 1.807) is 17.0 Å². The van der Waals surface area contributed by atoms with Crippen LogP contribution in [0.3, 0.4) is 0 Å². The third-order valence-electron chi connectivity index (χ3n) is 5.91. The summed E-state index contributed by atoms with van der Waals surface area (Å²) in [6.07, 6.45) is 0.514. The van der Waals surface area contributed by atoms with Crippen LogP contribution in [0, 0.1) is 20.9 Å². The predicted molar refractivity (Wildman–Crippen MR) is 109 cm³/mol. The number of benzene rings is 1. The number of ether oxygens (including phenoxy) is 1. The number of nitro benzene ring substituents is 1. The molecule has 8 heteroatoms. The van der Waals surface area contributed by atoms with Gasteiger partial charge in [-0.05, 0) is 0 Å². The van der Waals surface area contributed by atoms with Gasteiger partial charge in [0, 0.05) is 0 Å². The van der Waals surface area contributed by atoms with E-state index in [4.69, 9.17) is 4.74 Å². The number of β-lactam (4-membered cyclic amide) rings is 1. The summed E-state index contributed by atoms with van der Waals surface area (Å²) in [4.78, 5) is 38.0. The Hall–Kier alpha value is -1.92. The van der Waals surface area contributed by atoms with Crippen LogP contribution in [0.1, 0.15) is 53.5 Å². The molecule has 0 bridgehead atoms. The Kier molecular flexibility index (Phi) is 5.33. The van der Waals surface area contributed by atoms with Gasteiger partial charge in [0.2, 0.25) is 0 Å². The van der Waals surface area contributed by atoms with Crippen LogP contribution in [0.25, 0.3) is 0 Å². The van der Waals surface area contributed by atoms with Crippen molar-refractivity contribution in [1.29, 1.82) is 0 Å². The number of amides is 1. The predicted octanol–water partition coefficient (Wildman–Crippen LogP) is 3.53. The number of carbonyl (C=O) groups excluding carboxylic acids is 2. The molecule has 1 amide bonds. The van der Waals surface area contributed by atoms with Gasteiger partial charge in [0.15, 0.2) is 0 Å². The van der Waals surface area contributed by atoms with Crippen LogP contribution < -0.4 is 0 Å². The quantitative estimate of drug-likeness (QED) is 0.222. The summed E-state index contributed by atoms with van der Waals surface area (Å²) < 4.78 is 5.30. The fraction of sp³-hybridized carbons (Fsp3) is 0.619. The second kappa shape index (κ2) is 7.10. The van der Waals surface area contributed by atoms with Gasteiger partial charge in [0.05, 0.1) is 0 Å². The van der Waals surface area contributed by atoms with E-state index in [-0.39, 0.29) is 59.2 Å². The van der Waals surface area contributed by atoms with E-state index in [1.807, 2.05) is 0 Å². The molecule has 0 spiro atoms. The van der Waals surface area contributed by atoms with E-state index in [1.165, 1.54) is 12.1 Å². The molecule has 2 aliphatic heterocycles. The molecule has 0 aromatic heterocycles. The summed E-state index contributed by atoms with van der Waals surface area (Å²) in [5, 5.41) is 10.8. The molecule has 7 nitrogen and oxygen atoms in total. The summed E-state index contributed by atoms with van der Waals surface area (Å²) >= 11 is 0.0778. The van der Waals surface area contributed by atoms with Gasteiger partial charge in [-0.15, -0.1) is 0 Å². The fourth-order valence-electron chi connectivity index (χ4n) is 4.81. The molecule has 2 saturated heterocycles. The Balaban J connectivity index is 1.87. The molecule has 0 unspecified atom stereocenters. The minimum atomic E-state index is -0.605. The average Bonchev–Trinajstić information content (AvgIpc) is 2.89. The van der Waals surface area contributed by atoms with Crippen molar-refractivity contribution in [3.8, 4) is 0 Å². The van der Waals surface area contributed by atoms with E-state index in [0.29, 0.717) is 12.0 Å². The Labute approximate surface area is 177 Å². The second-order valence-corrected chi connectivity index (χ2v) is 12.7. The van der Waals surface area contributed by atoms with Crippen LogP contribution in [-0.2, 0) is 20.9 Å². The van der Waals surface area contributed by atoms with Crippen LogP contribution in [0.15, 0.2) is 24.3 Å². The van der Waals surface area contributed by atoms with E-state index >= 15 is 0 Å². The van der Waals surface area contributed by atoms with Crippen molar-refractivity contribution >= 4 is 32.5 Å². The molecule has 0 N–H and O–H groups in total. The van der Waals surface area contributed by atoms with E-state index < -0.39 is 11.0 Å². The summed E-state index contributed by atoms with van der Waals surface area (Å²) in [6.45, 7) is 12.9. The topological polar surface area (TPSA) is 89.8 Å². The molecule has 2 heterocycles. The van der Waals surface area contributed by atoms with Gasteiger partial charge >= 0.3 is 177 Å². The Morgan fingerprint density at radius 3 is 2.21 bits per heavy atom. The molecule has 0 aliphatic carbocycles. The first-order valence-electron chi connectivity index (χ1n) is 9.68. The first kappa shape index (κ1) is 21.8. The number of non-ortho nitro benzene ring substituents is 1. The number of carbonyl (C=O) groups is 2. The van der Waals surface area contributed by atoms with Gasteiger partial charge in [-0.25, -0.2) is 0 Å². The molecule has 1 aromatic carbocycles. The monoisotopic (exact) mass is 468 g/mol. The number of fused-ring (bicyclic) bond motifs is 1. The number of rotatable bonds is 4. The number of hydrogen-bond donors (Lipinski definition) is 0. The third kappa shape index (κ3) is 3.46.